The average molecular weight is 247 g/mol. The van der Waals surface area contributed by atoms with Crippen LogP contribution in [0.4, 0.5) is 26.3 Å². The minimum Gasteiger partial charge on any atom is -0.214 e. The summed E-state index contributed by atoms with van der Waals surface area (Å²) in [5.41, 5.74) is -2.49. The van der Waals surface area contributed by atoms with E-state index in [2.05, 4.69) is 4.98 Å². The van der Waals surface area contributed by atoms with Crippen molar-refractivity contribution >= 4 is 24.2 Å². The van der Waals surface area contributed by atoms with Gasteiger partial charge in [0.15, 0.2) is 17.5 Å². The third-order valence-electron chi connectivity index (χ3n) is 2.13. The molecule has 0 bridgehead atoms. The van der Waals surface area contributed by atoms with Crippen molar-refractivity contribution in [2.24, 2.45) is 0 Å². The summed E-state index contributed by atoms with van der Waals surface area (Å²) < 4.78 is 78.1. The maximum absolute atomic E-state index is 13.3. The fourth-order valence-electron chi connectivity index (χ4n) is 1.32. The fraction of sp³-hybridized carbons (Fsp3) is 0. The second kappa shape index (κ2) is 3.64. The Bertz CT molecular complexity index is 633. The summed E-state index contributed by atoms with van der Waals surface area (Å²) in [6.07, 6.45) is 0. The molecular weight excluding hydrogens is 247 g/mol. The highest BCUT2D eigenvalue weighted by Gasteiger charge is 2.25. The first kappa shape index (κ1) is 11.8. The lowest BCUT2D eigenvalue weighted by atomic mass is 9.92. The third kappa shape index (κ3) is 1.47. The van der Waals surface area contributed by atoms with Gasteiger partial charge in [0, 0.05) is 0 Å². The molecule has 1 aromatic heterocycles. The zero-order valence-electron chi connectivity index (χ0n) is 7.79. The minimum atomic E-state index is -2.13. The highest BCUT2D eigenvalue weighted by atomic mass is 19.2. The normalized spacial score (nSPS) is 11.2. The second-order valence-electron chi connectivity index (χ2n) is 3.11. The van der Waals surface area contributed by atoms with Crippen LogP contribution in [0.25, 0.3) is 10.9 Å². The molecule has 17 heavy (non-hydrogen) atoms. The van der Waals surface area contributed by atoms with Crippen LogP contribution >= 0.6 is 0 Å². The van der Waals surface area contributed by atoms with Crippen LogP contribution in [0, 0.1) is 35.0 Å². The number of hydrogen-bond acceptors (Lipinski definition) is 1. The van der Waals surface area contributed by atoms with Gasteiger partial charge in [-0.2, -0.15) is 8.78 Å². The molecule has 0 fully saturated rings. The molecule has 1 heterocycles. The van der Waals surface area contributed by atoms with Crippen LogP contribution < -0.4 is 5.46 Å². The van der Waals surface area contributed by atoms with Crippen molar-refractivity contribution in [3.63, 3.8) is 0 Å². The summed E-state index contributed by atoms with van der Waals surface area (Å²) >= 11 is 0. The molecule has 0 aliphatic heterocycles. The first-order valence-corrected chi connectivity index (χ1v) is 4.12. The van der Waals surface area contributed by atoms with Crippen LogP contribution in [-0.4, -0.2) is 12.8 Å². The van der Waals surface area contributed by atoms with Crippen LogP contribution in [0.15, 0.2) is 0 Å². The minimum absolute atomic E-state index is 1.21. The van der Waals surface area contributed by atoms with E-state index in [4.69, 9.17) is 7.85 Å². The van der Waals surface area contributed by atoms with E-state index in [0.717, 1.165) is 0 Å². The van der Waals surface area contributed by atoms with Crippen molar-refractivity contribution in [1.82, 2.24) is 4.98 Å². The Morgan fingerprint density at radius 1 is 0.706 bits per heavy atom. The Balaban J connectivity index is 3.12. The van der Waals surface area contributed by atoms with Crippen LogP contribution in [0.5, 0.6) is 0 Å². The van der Waals surface area contributed by atoms with E-state index in [0.29, 0.717) is 0 Å². The van der Waals surface area contributed by atoms with Gasteiger partial charge < -0.3 is 0 Å². The number of benzene rings is 1. The van der Waals surface area contributed by atoms with Crippen molar-refractivity contribution in [1.29, 1.82) is 0 Å². The Morgan fingerprint density at radius 2 is 1.24 bits per heavy atom. The molecule has 2 aromatic rings. The summed E-state index contributed by atoms with van der Waals surface area (Å²) in [6.45, 7) is 0. The van der Waals surface area contributed by atoms with E-state index >= 15 is 0 Å². The molecule has 0 atom stereocenters. The lowest BCUT2D eigenvalue weighted by Gasteiger charge is -2.07. The van der Waals surface area contributed by atoms with E-state index < -0.39 is 51.4 Å². The Labute approximate surface area is 91.5 Å². The molecule has 8 heteroatoms. The largest absolute Gasteiger partial charge is 0.252 e. The zero-order chi connectivity index (χ0) is 12.9. The lowest BCUT2D eigenvalue weighted by Crippen LogP contribution is -2.19. The number of fused-ring (bicyclic) bond motifs is 1. The first-order chi connectivity index (χ1) is 7.86. The van der Waals surface area contributed by atoms with Gasteiger partial charge in [-0.1, -0.05) is 0 Å². The van der Waals surface area contributed by atoms with Crippen molar-refractivity contribution in [2.75, 3.05) is 0 Å². The quantitative estimate of drug-likeness (QED) is 0.299. The smallest absolute Gasteiger partial charge is 0.214 e. The average Bonchev–Trinajstić information content (AvgIpc) is 2.30. The van der Waals surface area contributed by atoms with Gasteiger partial charge in [-0.05, 0) is 5.46 Å². The van der Waals surface area contributed by atoms with Gasteiger partial charge in [-0.25, -0.2) is 22.5 Å². The summed E-state index contributed by atoms with van der Waals surface area (Å²) in [5, 5.41) is -1.42. The van der Waals surface area contributed by atoms with Gasteiger partial charge in [0.1, 0.15) is 19.2 Å². The molecule has 2 rings (SSSR count). The molecule has 1 aromatic carbocycles. The fourth-order valence-corrected chi connectivity index (χ4v) is 1.32. The summed E-state index contributed by atoms with van der Waals surface area (Å²) in [7, 11) is 4.82. The molecule has 86 valence electrons. The molecule has 0 spiro atoms. The van der Waals surface area contributed by atoms with Gasteiger partial charge >= 0.3 is 0 Å². The molecule has 0 saturated carbocycles. The third-order valence-corrected chi connectivity index (χ3v) is 2.13. The predicted molar refractivity (Wildman–Crippen MR) is 46.9 cm³/mol. The van der Waals surface area contributed by atoms with Crippen molar-refractivity contribution in [2.45, 2.75) is 0 Å². The summed E-state index contributed by atoms with van der Waals surface area (Å²) in [4.78, 5) is 2.66. The molecule has 0 unspecified atom stereocenters. The van der Waals surface area contributed by atoms with E-state index in [1.165, 1.54) is 0 Å². The second-order valence-corrected chi connectivity index (χ2v) is 3.11. The maximum Gasteiger partial charge on any atom is 0.252 e. The van der Waals surface area contributed by atoms with E-state index in [9.17, 15) is 26.3 Å². The van der Waals surface area contributed by atoms with Crippen molar-refractivity contribution < 1.29 is 26.3 Å². The van der Waals surface area contributed by atoms with Crippen molar-refractivity contribution in [3.8, 4) is 0 Å². The van der Waals surface area contributed by atoms with Gasteiger partial charge in [-0.15, -0.1) is 0 Å². The monoisotopic (exact) mass is 247 g/mol. The number of rotatable bonds is 0. The van der Waals surface area contributed by atoms with Crippen LogP contribution in [0.2, 0.25) is 0 Å². The number of nitrogens with zero attached hydrogens (tertiary/aromatic N) is 1. The van der Waals surface area contributed by atoms with Crippen LogP contribution in [0.3, 0.4) is 0 Å². The zero-order valence-corrected chi connectivity index (χ0v) is 7.79. The molecule has 0 amide bonds. The van der Waals surface area contributed by atoms with Crippen LogP contribution in [0.1, 0.15) is 0 Å². The lowest BCUT2D eigenvalue weighted by molar-refractivity contribution is 0.428. The summed E-state index contributed by atoms with van der Waals surface area (Å²) in [5.74, 6) is -11.6. The molecule has 0 saturated heterocycles. The highest BCUT2D eigenvalue weighted by Crippen LogP contribution is 2.25. The van der Waals surface area contributed by atoms with Gasteiger partial charge in [0.05, 0.1) is 5.39 Å². The Hall–Kier alpha value is -1.73. The SMILES string of the molecule is [B]c1c(F)c(F)c2c(F)c(F)c(F)nc2c1F. The number of aromatic nitrogens is 1. The molecule has 2 radical (unpaired) electrons. The van der Waals surface area contributed by atoms with E-state index in [1.807, 2.05) is 0 Å². The number of hydrogen-bond donors (Lipinski definition) is 0. The highest BCUT2D eigenvalue weighted by molar-refractivity contribution is 6.33. The molecule has 0 aliphatic rings. The standard InChI is InChI=1S/C9BF6N/c10-2-5(13)3(11)1-4(12)7(15)9(16)17-8(1)6(2)14. The Morgan fingerprint density at radius 3 is 1.82 bits per heavy atom. The van der Waals surface area contributed by atoms with Gasteiger partial charge in [0.2, 0.25) is 5.82 Å². The first-order valence-electron chi connectivity index (χ1n) is 4.12. The van der Waals surface area contributed by atoms with E-state index in [1.54, 1.807) is 0 Å². The summed E-state index contributed by atoms with van der Waals surface area (Å²) in [6, 6.07) is 0. The molecule has 0 aliphatic carbocycles. The number of pyridine rings is 1. The molecule has 0 N–H and O–H groups in total. The molecular formula is C9BF6N. The van der Waals surface area contributed by atoms with Crippen LogP contribution in [-0.2, 0) is 0 Å². The predicted octanol–water partition coefficient (Wildman–Crippen LogP) is 1.86. The van der Waals surface area contributed by atoms with E-state index in [-0.39, 0.29) is 0 Å². The van der Waals surface area contributed by atoms with Crippen molar-refractivity contribution in [3.05, 3.63) is 35.0 Å². The van der Waals surface area contributed by atoms with Gasteiger partial charge in [-0.3, -0.25) is 0 Å². The Kier molecular flexibility index (Phi) is 2.52. The number of halogens is 6. The topological polar surface area (TPSA) is 12.9 Å². The van der Waals surface area contributed by atoms with Gasteiger partial charge in [0.25, 0.3) is 5.95 Å². The molecule has 1 nitrogen and oxygen atoms in total. The maximum atomic E-state index is 13.3.